The second kappa shape index (κ2) is 5.01. The van der Waals surface area contributed by atoms with Gasteiger partial charge in [0, 0.05) is 10.0 Å². The summed E-state index contributed by atoms with van der Waals surface area (Å²) in [6.07, 6.45) is 0.314. The van der Waals surface area contributed by atoms with E-state index in [-0.39, 0.29) is 0 Å². The normalized spacial score (nSPS) is 12.5. The zero-order chi connectivity index (χ0) is 10.7. The highest BCUT2D eigenvalue weighted by Crippen LogP contribution is 2.23. The van der Waals surface area contributed by atoms with E-state index in [4.69, 9.17) is 28.3 Å². The van der Waals surface area contributed by atoms with Crippen molar-refractivity contribution in [2.45, 2.75) is 11.2 Å². The molecule has 76 valence electrons. The molecule has 0 bridgehead atoms. The molecule has 14 heavy (non-hydrogen) atoms. The minimum absolute atomic E-state index is 0.314. The summed E-state index contributed by atoms with van der Waals surface area (Å²) in [6, 6.07) is 4.99. The topological polar surface area (TPSA) is 37.3 Å². The molecule has 0 unspecified atom stereocenters. The second-order valence-corrected chi connectivity index (χ2v) is 4.69. The molecule has 0 aliphatic rings. The Kier molecular flexibility index (Phi) is 4.23. The summed E-state index contributed by atoms with van der Waals surface area (Å²) in [5.41, 5.74) is 0.725. The Morgan fingerprint density at radius 1 is 1.50 bits per heavy atom. The van der Waals surface area contributed by atoms with Crippen molar-refractivity contribution in [1.29, 1.82) is 0 Å². The van der Waals surface area contributed by atoms with E-state index in [1.165, 1.54) is 0 Å². The van der Waals surface area contributed by atoms with Crippen LogP contribution < -0.4 is 0 Å². The van der Waals surface area contributed by atoms with E-state index in [1.807, 2.05) is 0 Å². The fourth-order valence-corrected chi connectivity index (χ4v) is 1.72. The molecule has 0 aliphatic heterocycles. The van der Waals surface area contributed by atoms with Gasteiger partial charge in [-0.2, -0.15) is 0 Å². The van der Waals surface area contributed by atoms with Gasteiger partial charge >= 0.3 is 5.97 Å². The fraction of sp³-hybridized carbons (Fsp3) is 0.222. The number of benzene rings is 1. The average Bonchev–Trinajstić information content (AvgIpc) is 2.11. The third kappa shape index (κ3) is 3.15. The van der Waals surface area contributed by atoms with E-state index in [2.05, 4.69) is 15.9 Å². The van der Waals surface area contributed by atoms with E-state index < -0.39 is 10.8 Å². The van der Waals surface area contributed by atoms with Crippen molar-refractivity contribution in [1.82, 2.24) is 0 Å². The smallest absolute Gasteiger partial charge is 0.317 e. The number of alkyl halides is 1. The Morgan fingerprint density at radius 3 is 2.71 bits per heavy atom. The van der Waals surface area contributed by atoms with Crippen LogP contribution in [-0.4, -0.2) is 15.9 Å². The number of hydrogen-bond acceptors (Lipinski definition) is 1. The van der Waals surface area contributed by atoms with E-state index in [0.29, 0.717) is 16.5 Å². The Balaban J connectivity index is 2.85. The lowest BCUT2D eigenvalue weighted by atomic mass is 10.1. The molecule has 1 aromatic rings. The quantitative estimate of drug-likeness (QED) is 0.869. The first-order valence-corrected chi connectivity index (χ1v) is 5.48. The van der Waals surface area contributed by atoms with Gasteiger partial charge in [0.25, 0.3) is 0 Å². The monoisotopic (exact) mass is 296 g/mol. The number of rotatable bonds is 3. The molecular formula is C9H7BrCl2O2. The van der Waals surface area contributed by atoms with Crippen molar-refractivity contribution in [3.63, 3.8) is 0 Å². The summed E-state index contributed by atoms with van der Waals surface area (Å²) < 4.78 is 0. The number of carbonyl (C=O) groups is 1. The molecule has 0 saturated heterocycles. The predicted octanol–water partition coefficient (Wildman–Crippen LogP) is 3.38. The second-order valence-electron chi connectivity index (χ2n) is 2.75. The number of hydrogen-bond donors (Lipinski definition) is 1. The van der Waals surface area contributed by atoms with Gasteiger partial charge in [0.05, 0.1) is 0 Å². The summed E-state index contributed by atoms with van der Waals surface area (Å²) >= 11 is 14.7. The molecule has 1 rings (SSSR count). The van der Waals surface area contributed by atoms with Crippen LogP contribution in [0.5, 0.6) is 0 Å². The predicted molar refractivity (Wildman–Crippen MR) is 60.5 cm³/mol. The first kappa shape index (κ1) is 11.8. The summed E-state index contributed by atoms with van der Waals surface area (Å²) in [4.78, 5) is 9.94. The molecular weight excluding hydrogens is 291 g/mol. The maximum Gasteiger partial charge on any atom is 0.317 e. The van der Waals surface area contributed by atoms with Gasteiger partial charge < -0.3 is 5.11 Å². The van der Waals surface area contributed by atoms with Crippen LogP contribution in [-0.2, 0) is 11.2 Å². The van der Waals surface area contributed by atoms with Gasteiger partial charge in [0.2, 0.25) is 0 Å². The molecule has 0 saturated carbocycles. The Labute approximate surface area is 100.0 Å². The van der Waals surface area contributed by atoms with Crippen LogP contribution in [0.25, 0.3) is 0 Å². The third-order valence-electron chi connectivity index (χ3n) is 1.67. The van der Waals surface area contributed by atoms with Crippen LogP contribution in [0.2, 0.25) is 10.0 Å². The van der Waals surface area contributed by atoms with E-state index in [9.17, 15) is 4.79 Å². The molecule has 1 aromatic carbocycles. The van der Waals surface area contributed by atoms with Gasteiger partial charge in [-0.15, -0.1) is 0 Å². The van der Waals surface area contributed by atoms with Gasteiger partial charge in [0.1, 0.15) is 4.83 Å². The molecule has 0 aromatic heterocycles. The lowest BCUT2D eigenvalue weighted by Crippen LogP contribution is -2.15. The summed E-state index contributed by atoms with van der Waals surface area (Å²) in [5, 5.41) is 9.76. The largest absolute Gasteiger partial charge is 0.480 e. The first-order valence-electron chi connectivity index (χ1n) is 3.81. The van der Waals surface area contributed by atoms with Crippen molar-refractivity contribution in [3.8, 4) is 0 Å². The summed E-state index contributed by atoms with van der Waals surface area (Å²) in [6.45, 7) is 0. The van der Waals surface area contributed by atoms with E-state index in [0.717, 1.165) is 5.56 Å². The van der Waals surface area contributed by atoms with Crippen LogP contribution >= 0.6 is 39.1 Å². The maximum absolute atomic E-state index is 10.6. The zero-order valence-electron chi connectivity index (χ0n) is 7.01. The van der Waals surface area contributed by atoms with Crippen LogP contribution in [0.15, 0.2) is 18.2 Å². The molecule has 1 N–H and O–H groups in total. The number of halogens is 3. The van der Waals surface area contributed by atoms with Crippen molar-refractivity contribution in [3.05, 3.63) is 33.8 Å². The van der Waals surface area contributed by atoms with Gasteiger partial charge in [-0.25, -0.2) is 0 Å². The SMILES string of the molecule is O=C(O)[C@@H](Br)Cc1cc(Cl)ccc1Cl. The summed E-state index contributed by atoms with van der Waals surface area (Å²) in [5.74, 6) is -0.916. The van der Waals surface area contributed by atoms with E-state index >= 15 is 0 Å². The minimum atomic E-state index is -0.916. The van der Waals surface area contributed by atoms with Gasteiger partial charge in [-0.05, 0) is 30.2 Å². The highest BCUT2D eigenvalue weighted by molar-refractivity contribution is 9.10. The fourth-order valence-electron chi connectivity index (χ4n) is 0.980. The molecule has 5 heteroatoms. The van der Waals surface area contributed by atoms with Gasteiger partial charge in [0.15, 0.2) is 0 Å². The van der Waals surface area contributed by atoms with Crippen molar-refractivity contribution < 1.29 is 9.90 Å². The molecule has 0 amide bonds. The number of aliphatic carboxylic acids is 1. The summed E-state index contributed by atoms with van der Waals surface area (Å²) in [7, 11) is 0. The molecule has 0 spiro atoms. The molecule has 0 aliphatic carbocycles. The molecule has 0 radical (unpaired) electrons. The lowest BCUT2D eigenvalue weighted by molar-refractivity contribution is -0.136. The maximum atomic E-state index is 10.6. The first-order chi connectivity index (χ1) is 6.50. The van der Waals surface area contributed by atoms with Crippen LogP contribution in [0.3, 0.4) is 0 Å². The molecule has 0 heterocycles. The van der Waals surface area contributed by atoms with Crippen molar-refractivity contribution in [2.24, 2.45) is 0 Å². The van der Waals surface area contributed by atoms with Gasteiger partial charge in [-0.3, -0.25) is 4.79 Å². The van der Waals surface area contributed by atoms with Gasteiger partial charge in [-0.1, -0.05) is 39.1 Å². The zero-order valence-corrected chi connectivity index (χ0v) is 10.1. The molecule has 1 atom stereocenters. The van der Waals surface area contributed by atoms with Crippen LogP contribution in [0, 0.1) is 0 Å². The molecule has 0 fully saturated rings. The van der Waals surface area contributed by atoms with Crippen LogP contribution in [0.1, 0.15) is 5.56 Å². The third-order valence-corrected chi connectivity index (χ3v) is 2.99. The highest BCUT2D eigenvalue weighted by Gasteiger charge is 2.15. The average molecular weight is 298 g/mol. The van der Waals surface area contributed by atoms with Crippen molar-refractivity contribution in [2.75, 3.05) is 0 Å². The highest BCUT2D eigenvalue weighted by atomic mass is 79.9. The Morgan fingerprint density at radius 2 is 2.14 bits per heavy atom. The Hall–Kier alpha value is -0.250. The standard InChI is InChI=1S/C9H7BrCl2O2/c10-7(9(13)14)4-5-3-6(11)1-2-8(5)12/h1-3,7H,4H2,(H,13,14)/t7-/m0/s1. The number of carboxylic acids is 1. The Bertz CT molecular complexity index is 355. The minimum Gasteiger partial charge on any atom is -0.480 e. The lowest BCUT2D eigenvalue weighted by Gasteiger charge is -2.06. The van der Waals surface area contributed by atoms with Crippen molar-refractivity contribution >= 4 is 45.1 Å². The van der Waals surface area contributed by atoms with E-state index in [1.54, 1.807) is 18.2 Å². The van der Waals surface area contributed by atoms with Crippen LogP contribution in [0.4, 0.5) is 0 Å². The molecule has 2 nitrogen and oxygen atoms in total. The number of carboxylic acid groups (broad SMARTS) is 1.